The monoisotopic (exact) mass is 265 g/mol. The summed E-state index contributed by atoms with van der Waals surface area (Å²) >= 11 is 0. The number of hydrogen-bond acceptors (Lipinski definition) is 2. The number of halogens is 1. The summed E-state index contributed by atoms with van der Waals surface area (Å²) < 4.78 is 13.7. The molecule has 2 N–H and O–H groups in total. The summed E-state index contributed by atoms with van der Waals surface area (Å²) in [6.07, 6.45) is 3.89. The third kappa shape index (κ3) is 3.32. The highest BCUT2D eigenvalue weighted by atomic mass is 19.1. The predicted molar refractivity (Wildman–Crippen MR) is 71.4 cm³/mol. The molecule has 4 heteroatoms. The van der Waals surface area contributed by atoms with Crippen LogP contribution < -0.4 is 5.32 Å². The maximum Gasteiger partial charge on any atom is 0.254 e. The smallest absolute Gasteiger partial charge is 0.254 e. The van der Waals surface area contributed by atoms with Crippen molar-refractivity contribution in [1.29, 1.82) is 0 Å². The SMILES string of the molecule is Cc1ccc(C(=O)NC2CCCCC2CO)c(F)c1. The molecule has 1 aromatic rings. The zero-order valence-corrected chi connectivity index (χ0v) is 11.2. The van der Waals surface area contributed by atoms with E-state index in [1.807, 2.05) is 0 Å². The van der Waals surface area contributed by atoms with Gasteiger partial charge in [-0.3, -0.25) is 4.79 Å². The third-order valence-corrected chi connectivity index (χ3v) is 3.83. The lowest BCUT2D eigenvalue weighted by molar-refractivity contribution is 0.0868. The van der Waals surface area contributed by atoms with Gasteiger partial charge in [0.15, 0.2) is 0 Å². The second-order valence-corrected chi connectivity index (χ2v) is 5.29. The second kappa shape index (κ2) is 6.15. The van der Waals surface area contributed by atoms with E-state index in [2.05, 4.69) is 5.32 Å². The maximum absolute atomic E-state index is 13.7. The van der Waals surface area contributed by atoms with Crippen molar-refractivity contribution in [2.45, 2.75) is 38.6 Å². The van der Waals surface area contributed by atoms with Crippen LogP contribution in [0.3, 0.4) is 0 Å². The van der Waals surface area contributed by atoms with Gasteiger partial charge < -0.3 is 10.4 Å². The molecule has 3 nitrogen and oxygen atoms in total. The average molecular weight is 265 g/mol. The lowest BCUT2D eigenvalue weighted by Crippen LogP contribution is -2.43. The first-order valence-electron chi connectivity index (χ1n) is 6.79. The number of rotatable bonds is 3. The molecule has 104 valence electrons. The summed E-state index contributed by atoms with van der Waals surface area (Å²) in [5, 5.41) is 12.2. The number of hydrogen-bond donors (Lipinski definition) is 2. The summed E-state index contributed by atoms with van der Waals surface area (Å²) in [6, 6.07) is 4.55. The predicted octanol–water partition coefficient (Wildman–Crippen LogP) is 2.42. The van der Waals surface area contributed by atoms with Crippen molar-refractivity contribution < 1.29 is 14.3 Å². The molecule has 1 saturated carbocycles. The van der Waals surface area contributed by atoms with E-state index in [0.717, 1.165) is 31.2 Å². The Morgan fingerprint density at radius 3 is 2.84 bits per heavy atom. The van der Waals surface area contributed by atoms with Crippen molar-refractivity contribution in [3.8, 4) is 0 Å². The molecule has 1 aliphatic rings. The number of nitrogens with one attached hydrogen (secondary N) is 1. The number of aliphatic hydroxyl groups is 1. The zero-order valence-electron chi connectivity index (χ0n) is 11.2. The fraction of sp³-hybridized carbons (Fsp3) is 0.533. The van der Waals surface area contributed by atoms with E-state index < -0.39 is 5.82 Å². The van der Waals surface area contributed by atoms with E-state index in [1.54, 1.807) is 13.0 Å². The summed E-state index contributed by atoms with van der Waals surface area (Å²) in [7, 11) is 0. The Balaban J connectivity index is 2.07. The van der Waals surface area contributed by atoms with Crippen LogP contribution in [0, 0.1) is 18.7 Å². The Morgan fingerprint density at radius 2 is 2.16 bits per heavy atom. The lowest BCUT2D eigenvalue weighted by Gasteiger charge is -2.30. The van der Waals surface area contributed by atoms with E-state index in [4.69, 9.17) is 0 Å². The first kappa shape index (κ1) is 14.0. The Bertz CT molecular complexity index is 461. The molecule has 1 amide bonds. The molecule has 1 fully saturated rings. The largest absolute Gasteiger partial charge is 0.396 e. The molecule has 2 unspecified atom stereocenters. The number of aliphatic hydroxyl groups excluding tert-OH is 1. The van der Waals surface area contributed by atoms with Gasteiger partial charge in [0.25, 0.3) is 5.91 Å². The first-order chi connectivity index (χ1) is 9.11. The standard InChI is InChI=1S/C15H20FNO2/c1-10-6-7-12(13(16)8-10)15(19)17-14-5-3-2-4-11(14)9-18/h6-8,11,14,18H,2-5,9H2,1H3,(H,17,19). The Kier molecular flexibility index (Phi) is 4.53. The molecule has 0 radical (unpaired) electrons. The van der Waals surface area contributed by atoms with Gasteiger partial charge in [0, 0.05) is 18.6 Å². The van der Waals surface area contributed by atoms with Gasteiger partial charge >= 0.3 is 0 Å². The van der Waals surface area contributed by atoms with Crippen LogP contribution in [-0.4, -0.2) is 23.7 Å². The molecule has 2 rings (SSSR count). The van der Waals surface area contributed by atoms with Crippen LogP contribution in [0.15, 0.2) is 18.2 Å². The average Bonchev–Trinajstić information content (AvgIpc) is 2.39. The van der Waals surface area contributed by atoms with Gasteiger partial charge in [-0.2, -0.15) is 0 Å². The van der Waals surface area contributed by atoms with Gasteiger partial charge in [-0.25, -0.2) is 4.39 Å². The van der Waals surface area contributed by atoms with E-state index in [-0.39, 0.29) is 30.0 Å². The maximum atomic E-state index is 13.7. The summed E-state index contributed by atoms with van der Waals surface area (Å²) in [5.74, 6) is -0.789. The summed E-state index contributed by atoms with van der Waals surface area (Å²) in [6.45, 7) is 1.86. The first-order valence-corrected chi connectivity index (χ1v) is 6.79. The number of amides is 1. The molecule has 0 aliphatic heterocycles. The van der Waals surface area contributed by atoms with Crippen LogP contribution in [0.4, 0.5) is 4.39 Å². The van der Waals surface area contributed by atoms with Crippen LogP contribution >= 0.6 is 0 Å². The third-order valence-electron chi connectivity index (χ3n) is 3.83. The fourth-order valence-corrected chi connectivity index (χ4v) is 2.67. The minimum atomic E-state index is -0.492. The van der Waals surface area contributed by atoms with Crippen molar-refractivity contribution >= 4 is 5.91 Å². The number of carbonyl (C=O) groups excluding carboxylic acids is 1. The molecular formula is C15H20FNO2. The molecule has 1 aromatic carbocycles. The molecule has 0 bridgehead atoms. The van der Waals surface area contributed by atoms with Crippen LogP contribution in [0.25, 0.3) is 0 Å². The van der Waals surface area contributed by atoms with Gasteiger partial charge in [-0.1, -0.05) is 18.9 Å². The highest BCUT2D eigenvalue weighted by Crippen LogP contribution is 2.24. The van der Waals surface area contributed by atoms with Crippen LogP contribution in [-0.2, 0) is 0 Å². The van der Waals surface area contributed by atoms with E-state index in [0.29, 0.717) is 0 Å². The molecule has 0 heterocycles. The van der Waals surface area contributed by atoms with Gasteiger partial charge in [0.1, 0.15) is 5.82 Å². The van der Waals surface area contributed by atoms with Crippen LogP contribution in [0.5, 0.6) is 0 Å². The minimum absolute atomic E-state index is 0.0491. The van der Waals surface area contributed by atoms with Crippen molar-refractivity contribution in [3.05, 3.63) is 35.1 Å². The quantitative estimate of drug-likeness (QED) is 0.881. The molecule has 0 saturated heterocycles. The molecular weight excluding hydrogens is 245 g/mol. The molecule has 19 heavy (non-hydrogen) atoms. The van der Waals surface area contributed by atoms with E-state index in [9.17, 15) is 14.3 Å². The second-order valence-electron chi connectivity index (χ2n) is 5.29. The Labute approximate surface area is 112 Å². The van der Waals surface area contributed by atoms with E-state index in [1.165, 1.54) is 12.1 Å². The van der Waals surface area contributed by atoms with Gasteiger partial charge in [-0.05, 0) is 37.5 Å². The minimum Gasteiger partial charge on any atom is -0.396 e. The Morgan fingerprint density at radius 1 is 1.42 bits per heavy atom. The summed E-state index contributed by atoms with van der Waals surface area (Å²) in [4.78, 5) is 12.1. The van der Waals surface area contributed by atoms with Crippen molar-refractivity contribution in [2.75, 3.05) is 6.61 Å². The fourth-order valence-electron chi connectivity index (χ4n) is 2.67. The molecule has 0 spiro atoms. The van der Waals surface area contributed by atoms with E-state index >= 15 is 0 Å². The highest BCUT2D eigenvalue weighted by Gasteiger charge is 2.26. The normalized spacial score (nSPS) is 23.1. The van der Waals surface area contributed by atoms with Gasteiger partial charge in [0.2, 0.25) is 0 Å². The van der Waals surface area contributed by atoms with Crippen molar-refractivity contribution in [1.82, 2.24) is 5.32 Å². The summed E-state index contributed by atoms with van der Waals surface area (Å²) in [5.41, 5.74) is 0.868. The number of aryl methyl sites for hydroxylation is 1. The molecule has 1 aliphatic carbocycles. The highest BCUT2D eigenvalue weighted by molar-refractivity contribution is 5.94. The van der Waals surface area contributed by atoms with Gasteiger partial charge in [0.05, 0.1) is 5.56 Å². The zero-order chi connectivity index (χ0) is 13.8. The molecule has 2 atom stereocenters. The topological polar surface area (TPSA) is 49.3 Å². The van der Waals surface area contributed by atoms with Crippen LogP contribution in [0.1, 0.15) is 41.6 Å². The lowest BCUT2D eigenvalue weighted by atomic mass is 9.85. The Hall–Kier alpha value is -1.42. The van der Waals surface area contributed by atoms with Crippen molar-refractivity contribution in [3.63, 3.8) is 0 Å². The number of benzene rings is 1. The van der Waals surface area contributed by atoms with Crippen LogP contribution in [0.2, 0.25) is 0 Å². The van der Waals surface area contributed by atoms with Crippen molar-refractivity contribution in [2.24, 2.45) is 5.92 Å². The van der Waals surface area contributed by atoms with Gasteiger partial charge in [-0.15, -0.1) is 0 Å². The molecule has 0 aromatic heterocycles. The number of carbonyl (C=O) groups is 1.